The van der Waals surface area contributed by atoms with Crippen molar-refractivity contribution in [3.05, 3.63) is 35.5 Å². The van der Waals surface area contributed by atoms with E-state index in [-0.39, 0.29) is 11.6 Å². The molecule has 0 heterocycles. The van der Waals surface area contributed by atoms with Gasteiger partial charge in [0, 0.05) is 6.42 Å². The van der Waals surface area contributed by atoms with Crippen molar-refractivity contribution in [1.29, 1.82) is 0 Å². The van der Waals surface area contributed by atoms with Gasteiger partial charge in [-0.1, -0.05) is 29.4 Å². The average Bonchev–Trinajstić information content (AvgIpc) is 2.15. The summed E-state index contributed by atoms with van der Waals surface area (Å²) < 4.78 is 0. The fourth-order valence-electron chi connectivity index (χ4n) is 0.940. The van der Waals surface area contributed by atoms with Crippen LogP contribution in [0.4, 0.5) is 0 Å². The molecule has 0 aliphatic heterocycles. The van der Waals surface area contributed by atoms with Crippen LogP contribution in [-0.4, -0.2) is 11.6 Å². The fraction of sp³-hybridized carbons (Fsp3) is 0.500. The molecule has 0 spiro atoms. The zero-order valence-electron chi connectivity index (χ0n) is 12.5. The molecule has 0 rings (SSSR count). The van der Waals surface area contributed by atoms with E-state index in [1.165, 1.54) is 18.1 Å². The molecule has 0 aliphatic rings. The van der Waals surface area contributed by atoms with Crippen molar-refractivity contribution in [1.82, 2.24) is 0 Å². The summed E-state index contributed by atoms with van der Waals surface area (Å²) >= 11 is 0. The van der Waals surface area contributed by atoms with E-state index in [0.29, 0.717) is 6.42 Å². The molecule has 0 saturated heterocycles. The fourth-order valence-corrected chi connectivity index (χ4v) is 0.940. The van der Waals surface area contributed by atoms with E-state index in [4.69, 9.17) is 0 Å². The van der Waals surface area contributed by atoms with Crippen molar-refractivity contribution in [2.24, 2.45) is 0 Å². The highest BCUT2D eigenvalue weighted by Gasteiger charge is 1.88. The topological polar surface area (TPSA) is 34.1 Å². The Morgan fingerprint density at radius 3 is 1.78 bits per heavy atom. The van der Waals surface area contributed by atoms with Gasteiger partial charge in [0.05, 0.1) is 0 Å². The van der Waals surface area contributed by atoms with E-state index >= 15 is 0 Å². The molecule has 0 aromatic rings. The van der Waals surface area contributed by atoms with E-state index in [0.717, 1.165) is 6.42 Å². The first-order valence-corrected chi connectivity index (χ1v) is 6.20. The molecule has 2 nitrogen and oxygen atoms in total. The Labute approximate surface area is 111 Å². The van der Waals surface area contributed by atoms with E-state index in [1.54, 1.807) is 19.1 Å². The van der Waals surface area contributed by atoms with Crippen LogP contribution in [0, 0.1) is 0 Å². The Kier molecular flexibility index (Phi) is 12.6. The van der Waals surface area contributed by atoms with Crippen LogP contribution < -0.4 is 0 Å². The summed E-state index contributed by atoms with van der Waals surface area (Å²) in [4.78, 5) is 20.7. The second-order valence-corrected chi connectivity index (χ2v) is 4.74. The number of hydrogen-bond donors (Lipinski definition) is 0. The summed E-state index contributed by atoms with van der Waals surface area (Å²) in [6.07, 6.45) is 8.89. The lowest BCUT2D eigenvalue weighted by atomic mass is 10.2. The van der Waals surface area contributed by atoms with Crippen molar-refractivity contribution in [3.63, 3.8) is 0 Å². The molecule has 102 valence electrons. The second-order valence-electron chi connectivity index (χ2n) is 4.74. The first-order chi connectivity index (χ1) is 8.25. The summed E-state index contributed by atoms with van der Waals surface area (Å²) in [5.74, 6) is 0.361. The summed E-state index contributed by atoms with van der Waals surface area (Å²) in [5, 5.41) is 0. The summed E-state index contributed by atoms with van der Waals surface area (Å²) in [7, 11) is 0. The number of ketones is 2. The average molecular weight is 250 g/mol. The van der Waals surface area contributed by atoms with Gasteiger partial charge < -0.3 is 4.79 Å². The van der Waals surface area contributed by atoms with E-state index < -0.39 is 0 Å². The maximum atomic E-state index is 10.4. The van der Waals surface area contributed by atoms with Crippen LogP contribution in [0.25, 0.3) is 0 Å². The normalized spacial score (nSPS) is 9.22. The lowest BCUT2D eigenvalue weighted by molar-refractivity contribution is -0.117. The molecule has 0 N–H and O–H groups in total. The molecule has 18 heavy (non-hydrogen) atoms. The standard InChI is InChI=1S/C8H14O.C8H12O/c2*1-7(2)5-4-6-8(3)9/h5H,4,6H2,1-3H3;4-6H,1-3H3/b;6-4+. The summed E-state index contributed by atoms with van der Waals surface area (Å²) in [6.45, 7) is 11.2. The predicted octanol–water partition coefficient (Wildman–Crippen LogP) is 4.42. The van der Waals surface area contributed by atoms with Gasteiger partial charge >= 0.3 is 0 Å². The summed E-state index contributed by atoms with van der Waals surface area (Å²) in [6, 6.07) is 0. The molecular formula is C16H26O2. The molecule has 0 saturated carbocycles. The molecule has 0 aliphatic carbocycles. The Balaban J connectivity index is 0. The molecule has 0 amide bonds. The zero-order chi connectivity index (χ0) is 14.6. The number of hydrogen-bond acceptors (Lipinski definition) is 2. The van der Waals surface area contributed by atoms with E-state index in [2.05, 4.69) is 6.08 Å². The van der Waals surface area contributed by atoms with Crippen LogP contribution in [-0.2, 0) is 9.59 Å². The first kappa shape index (κ1) is 18.9. The zero-order valence-corrected chi connectivity index (χ0v) is 12.5. The highest BCUT2D eigenvalue weighted by molar-refractivity contribution is 5.87. The van der Waals surface area contributed by atoms with Crippen LogP contribution in [0.1, 0.15) is 54.4 Å². The Bertz CT molecular complexity index is 336. The van der Waals surface area contributed by atoms with Gasteiger partial charge in [-0.2, -0.15) is 0 Å². The number of carbonyl (C=O) groups excluding carboxylic acids is 2. The number of Topliss-reactive ketones (excluding diaryl/α,β-unsaturated/α-hetero) is 1. The highest BCUT2D eigenvalue weighted by Crippen LogP contribution is 1.96. The van der Waals surface area contributed by atoms with Gasteiger partial charge in [0.2, 0.25) is 0 Å². The van der Waals surface area contributed by atoms with Gasteiger partial charge in [-0.15, -0.1) is 0 Å². The molecule has 0 aromatic heterocycles. The smallest absolute Gasteiger partial charge is 0.152 e. The number of carbonyl (C=O) groups is 2. The van der Waals surface area contributed by atoms with Crippen LogP contribution in [0.15, 0.2) is 35.5 Å². The highest BCUT2D eigenvalue weighted by atomic mass is 16.1. The van der Waals surface area contributed by atoms with E-state index in [1.807, 2.05) is 33.8 Å². The number of rotatable bonds is 5. The third kappa shape index (κ3) is 24.0. The molecule has 0 unspecified atom stereocenters. The third-order valence-electron chi connectivity index (χ3n) is 1.81. The monoisotopic (exact) mass is 250 g/mol. The molecule has 0 fully saturated rings. The van der Waals surface area contributed by atoms with Gasteiger partial charge in [-0.05, 0) is 54.0 Å². The van der Waals surface area contributed by atoms with Gasteiger partial charge in [-0.3, -0.25) is 4.79 Å². The van der Waals surface area contributed by atoms with Gasteiger partial charge in [0.1, 0.15) is 5.78 Å². The Hall–Kier alpha value is -1.44. The van der Waals surface area contributed by atoms with Crippen molar-refractivity contribution < 1.29 is 9.59 Å². The quantitative estimate of drug-likeness (QED) is 0.411. The minimum atomic E-state index is 0.0903. The lowest BCUT2D eigenvalue weighted by Gasteiger charge is -1.89. The van der Waals surface area contributed by atoms with Crippen LogP contribution >= 0.6 is 0 Å². The molecule has 0 radical (unpaired) electrons. The second kappa shape index (κ2) is 12.0. The predicted molar refractivity (Wildman–Crippen MR) is 78.6 cm³/mol. The van der Waals surface area contributed by atoms with Gasteiger partial charge in [-0.25, -0.2) is 0 Å². The molecular weight excluding hydrogens is 224 g/mol. The van der Waals surface area contributed by atoms with Crippen LogP contribution in [0.2, 0.25) is 0 Å². The van der Waals surface area contributed by atoms with Gasteiger partial charge in [0.15, 0.2) is 5.78 Å². The number of allylic oxidation sites excluding steroid dienone is 6. The molecule has 0 aromatic carbocycles. The molecule has 0 atom stereocenters. The third-order valence-corrected chi connectivity index (χ3v) is 1.81. The largest absolute Gasteiger partial charge is 0.300 e. The van der Waals surface area contributed by atoms with Crippen molar-refractivity contribution in [3.8, 4) is 0 Å². The minimum Gasteiger partial charge on any atom is -0.300 e. The Morgan fingerprint density at radius 1 is 0.889 bits per heavy atom. The van der Waals surface area contributed by atoms with Crippen LogP contribution in [0.5, 0.6) is 0 Å². The van der Waals surface area contributed by atoms with Crippen LogP contribution in [0.3, 0.4) is 0 Å². The maximum Gasteiger partial charge on any atom is 0.152 e. The van der Waals surface area contributed by atoms with Crippen molar-refractivity contribution in [2.75, 3.05) is 0 Å². The van der Waals surface area contributed by atoms with Gasteiger partial charge in [0.25, 0.3) is 0 Å². The Morgan fingerprint density at radius 2 is 1.44 bits per heavy atom. The maximum absolute atomic E-state index is 10.4. The first-order valence-electron chi connectivity index (χ1n) is 6.20. The summed E-state index contributed by atoms with van der Waals surface area (Å²) in [5.41, 5.74) is 2.49. The minimum absolute atomic E-state index is 0.0903. The molecule has 0 bridgehead atoms. The van der Waals surface area contributed by atoms with Crippen molar-refractivity contribution in [2.45, 2.75) is 54.4 Å². The van der Waals surface area contributed by atoms with E-state index in [9.17, 15) is 9.59 Å². The SMILES string of the molecule is CC(=O)/C=C/C=C(C)C.CC(=O)CCC=C(C)C. The van der Waals surface area contributed by atoms with Crippen molar-refractivity contribution >= 4 is 11.6 Å². The lowest BCUT2D eigenvalue weighted by Crippen LogP contribution is -1.86. The molecule has 2 heteroatoms.